The molecule has 4 heteroatoms. The predicted molar refractivity (Wildman–Crippen MR) is 68.7 cm³/mol. The van der Waals surface area contributed by atoms with E-state index in [1.54, 1.807) is 4.90 Å². The molecule has 4 nitrogen and oxygen atoms in total. The van der Waals surface area contributed by atoms with Gasteiger partial charge in [-0.25, -0.2) is 4.79 Å². The minimum Gasteiger partial charge on any atom is -0.447 e. The van der Waals surface area contributed by atoms with Crippen molar-refractivity contribution in [2.24, 2.45) is 5.92 Å². The molecule has 0 aromatic heterocycles. The highest BCUT2D eigenvalue weighted by Gasteiger charge is 2.25. The van der Waals surface area contributed by atoms with Crippen molar-refractivity contribution >= 4 is 6.09 Å². The van der Waals surface area contributed by atoms with Crippen molar-refractivity contribution in [2.45, 2.75) is 40.2 Å². The van der Waals surface area contributed by atoms with Gasteiger partial charge in [-0.05, 0) is 25.3 Å². The monoisotopic (exact) mass is 240 g/mol. The van der Waals surface area contributed by atoms with Crippen molar-refractivity contribution in [3.63, 3.8) is 0 Å². The number of rotatable bonds is 3. The van der Waals surface area contributed by atoms with E-state index in [1.165, 1.54) is 11.3 Å². The molecule has 1 amide bonds. The van der Waals surface area contributed by atoms with Crippen LogP contribution in [0, 0.1) is 5.92 Å². The zero-order valence-electron chi connectivity index (χ0n) is 11.5. The van der Waals surface area contributed by atoms with Crippen molar-refractivity contribution in [3.8, 4) is 0 Å². The third-order valence-corrected chi connectivity index (χ3v) is 2.97. The molecule has 98 valence electrons. The molecule has 0 saturated carbocycles. The van der Waals surface area contributed by atoms with E-state index in [4.69, 9.17) is 4.74 Å². The summed E-state index contributed by atoms with van der Waals surface area (Å²) < 4.78 is 5.23. The van der Waals surface area contributed by atoms with Crippen LogP contribution < -0.4 is 5.32 Å². The Hall–Kier alpha value is -1.19. The first-order valence-electron chi connectivity index (χ1n) is 6.31. The molecule has 0 aromatic rings. The number of carbonyl (C=O) groups excluding carboxylic acids is 1. The van der Waals surface area contributed by atoms with E-state index in [2.05, 4.69) is 19.2 Å². The van der Waals surface area contributed by atoms with Gasteiger partial charge < -0.3 is 15.0 Å². The van der Waals surface area contributed by atoms with Crippen LogP contribution in [0.2, 0.25) is 0 Å². The number of hydrogen-bond donors (Lipinski definition) is 1. The van der Waals surface area contributed by atoms with Gasteiger partial charge in [0.15, 0.2) is 0 Å². The average molecular weight is 240 g/mol. The highest BCUT2D eigenvalue weighted by molar-refractivity contribution is 5.68. The summed E-state index contributed by atoms with van der Waals surface area (Å²) in [5.41, 5.74) is 2.58. The molecule has 1 N–H and O–H groups in total. The van der Waals surface area contributed by atoms with Crippen LogP contribution in [0.25, 0.3) is 0 Å². The Balaban J connectivity index is 2.71. The highest BCUT2D eigenvalue weighted by atomic mass is 16.6. The number of hydrogen-bond acceptors (Lipinski definition) is 3. The maximum Gasteiger partial charge on any atom is 0.410 e. The van der Waals surface area contributed by atoms with Gasteiger partial charge in [0.1, 0.15) is 0 Å². The first kappa shape index (κ1) is 13.9. The van der Waals surface area contributed by atoms with Gasteiger partial charge in [0.25, 0.3) is 0 Å². The van der Waals surface area contributed by atoms with E-state index >= 15 is 0 Å². The standard InChI is InChI=1S/C13H24N2O2/c1-9(2)11-8-15(7-6-12(11)14-5)13(16)17-10(3)4/h9-10,14H,6-8H2,1-5H3. The van der Waals surface area contributed by atoms with Crippen LogP contribution in [0.4, 0.5) is 4.79 Å². The maximum absolute atomic E-state index is 11.8. The molecule has 0 atom stereocenters. The van der Waals surface area contributed by atoms with Gasteiger partial charge in [-0.3, -0.25) is 0 Å². The lowest BCUT2D eigenvalue weighted by atomic mass is 9.96. The first-order valence-corrected chi connectivity index (χ1v) is 6.31. The number of nitrogens with one attached hydrogen (secondary N) is 1. The second-order valence-corrected chi connectivity index (χ2v) is 5.01. The molecule has 0 unspecified atom stereocenters. The first-order chi connectivity index (χ1) is 7.95. The van der Waals surface area contributed by atoms with Gasteiger partial charge in [0, 0.05) is 32.3 Å². The van der Waals surface area contributed by atoms with Gasteiger partial charge in [0.2, 0.25) is 0 Å². The van der Waals surface area contributed by atoms with Gasteiger partial charge >= 0.3 is 6.09 Å². The number of carbonyl (C=O) groups is 1. The van der Waals surface area contributed by atoms with Crippen LogP contribution >= 0.6 is 0 Å². The Labute approximate surface area is 104 Å². The summed E-state index contributed by atoms with van der Waals surface area (Å²) in [4.78, 5) is 13.6. The summed E-state index contributed by atoms with van der Waals surface area (Å²) in [5.74, 6) is 0.451. The Morgan fingerprint density at radius 1 is 1.35 bits per heavy atom. The van der Waals surface area contributed by atoms with Gasteiger partial charge in [0.05, 0.1) is 6.10 Å². The van der Waals surface area contributed by atoms with Crippen molar-refractivity contribution < 1.29 is 9.53 Å². The largest absolute Gasteiger partial charge is 0.447 e. The topological polar surface area (TPSA) is 41.6 Å². The van der Waals surface area contributed by atoms with Gasteiger partial charge in [-0.15, -0.1) is 0 Å². The Morgan fingerprint density at radius 2 is 2.00 bits per heavy atom. The molecule has 17 heavy (non-hydrogen) atoms. The summed E-state index contributed by atoms with van der Waals surface area (Å²) in [6.45, 7) is 9.48. The van der Waals surface area contributed by atoms with Gasteiger partial charge in [-0.1, -0.05) is 13.8 Å². The summed E-state index contributed by atoms with van der Waals surface area (Å²) in [5, 5.41) is 3.24. The molecule has 0 aromatic carbocycles. The number of amides is 1. The van der Waals surface area contributed by atoms with Crippen LogP contribution in [0.3, 0.4) is 0 Å². The molecule has 0 saturated heterocycles. The van der Waals surface area contributed by atoms with Crippen LogP contribution in [0.15, 0.2) is 11.3 Å². The van der Waals surface area contributed by atoms with E-state index in [-0.39, 0.29) is 12.2 Å². The lowest BCUT2D eigenvalue weighted by molar-refractivity contribution is 0.0772. The van der Waals surface area contributed by atoms with Gasteiger partial charge in [-0.2, -0.15) is 0 Å². The third kappa shape index (κ3) is 3.65. The third-order valence-electron chi connectivity index (χ3n) is 2.97. The van der Waals surface area contributed by atoms with Crippen molar-refractivity contribution in [1.82, 2.24) is 10.2 Å². The molecular weight excluding hydrogens is 216 g/mol. The van der Waals surface area contributed by atoms with Crippen LogP contribution in [0.5, 0.6) is 0 Å². The molecule has 0 spiro atoms. The zero-order chi connectivity index (χ0) is 13.0. The number of ether oxygens (including phenoxy) is 1. The second-order valence-electron chi connectivity index (χ2n) is 5.01. The molecule has 0 bridgehead atoms. The molecule has 1 heterocycles. The summed E-state index contributed by atoms with van der Waals surface area (Å²) in [6, 6.07) is 0. The Morgan fingerprint density at radius 3 is 2.47 bits per heavy atom. The lowest BCUT2D eigenvalue weighted by Crippen LogP contribution is -2.40. The van der Waals surface area contributed by atoms with Crippen molar-refractivity contribution in [1.29, 1.82) is 0 Å². The fourth-order valence-electron chi connectivity index (χ4n) is 2.04. The summed E-state index contributed by atoms with van der Waals surface area (Å²) >= 11 is 0. The smallest absolute Gasteiger partial charge is 0.410 e. The molecule has 1 rings (SSSR count). The molecular formula is C13H24N2O2. The maximum atomic E-state index is 11.8. The zero-order valence-corrected chi connectivity index (χ0v) is 11.5. The quantitative estimate of drug-likeness (QED) is 0.823. The van der Waals surface area contributed by atoms with E-state index in [0.717, 1.165) is 13.0 Å². The summed E-state index contributed by atoms with van der Waals surface area (Å²) in [7, 11) is 1.94. The second kappa shape index (κ2) is 5.94. The molecule has 1 aliphatic rings. The fourth-order valence-corrected chi connectivity index (χ4v) is 2.04. The van der Waals surface area contributed by atoms with Crippen LogP contribution in [-0.2, 0) is 4.74 Å². The van der Waals surface area contributed by atoms with Crippen molar-refractivity contribution in [2.75, 3.05) is 20.1 Å². The predicted octanol–water partition coefficient (Wildman–Crippen LogP) is 2.37. The van der Waals surface area contributed by atoms with Crippen LogP contribution in [0.1, 0.15) is 34.1 Å². The summed E-state index contributed by atoms with van der Waals surface area (Å²) in [6.07, 6.45) is 0.630. The molecule has 0 aliphatic carbocycles. The van der Waals surface area contributed by atoms with E-state index in [9.17, 15) is 4.79 Å². The van der Waals surface area contributed by atoms with E-state index < -0.39 is 0 Å². The Kier molecular flexibility index (Phi) is 4.85. The lowest BCUT2D eigenvalue weighted by Gasteiger charge is -2.32. The fraction of sp³-hybridized carbons (Fsp3) is 0.769. The SMILES string of the molecule is CNC1=C(C(C)C)CN(C(=O)OC(C)C)CC1. The van der Waals surface area contributed by atoms with Crippen molar-refractivity contribution in [3.05, 3.63) is 11.3 Å². The average Bonchev–Trinajstić information content (AvgIpc) is 2.27. The van der Waals surface area contributed by atoms with E-state index in [1.807, 2.05) is 20.9 Å². The minimum absolute atomic E-state index is 0.0559. The number of nitrogens with zero attached hydrogens (tertiary/aromatic N) is 1. The Bertz CT molecular complexity index is 309. The normalized spacial score (nSPS) is 16.8. The minimum atomic E-state index is -0.201. The van der Waals surface area contributed by atoms with E-state index in [0.29, 0.717) is 12.5 Å². The molecule has 0 fully saturated rings. The highest BCUT2D eigenvalue weighted by Crippen LogP contribution is 2.22. The molecule has 0 radical (unpaired) electrons. The van der Waals surface area contributed by atoms with Crippen LogP contribution in [-0.4, -0.2) is 37.2 Å². The molecule has 1 aliphatic heterocycles.